The lowest BCUT2D eigenvalue weighted by Gasteiger charge is -2.30. The Morgan fingerprint density at radius 3 is 2.62 bits per heavy atom. The highest BCUT2D eigenvalue weighted by Gasteiger charge is 2.23. The summed E-state index contributed by atoms with van der Waals surface area (Å²) in [6.07, 6.45) is 2.23. The topological polar surface area (TPSA) is 57.7 Å². The average Bonchev–Trinajstić information content (AvgIpc) is 2.92. The molecular weight excluding hydrogens is 286 g/mol. The largest absolute Gasteiger partial charge is 0.353 e. The Kier molecular flexibility index (Phi) is 3.80. The quantitative estimate of drug-likeness (QED) is 0.855. The zero-order valence-corrected chi connectivity index (χ0v) is 12.6. The van der Waals surface area contributed by atoms with Gasteiger partial charge < -0.3 is 4.90 Å². The van der Waals surface area contributed by atoms with E-state index < -0.39 is 0 Å². The monoisotopic (exact) mass is 301 g/mol. The van der Waals surface area contributed by atoms with Gasteiger partial charge in [0, 0.05) is 13.1 Å². The van der Waals surface area contributed by atoms with E-state index in [1.165, 1.54) is 4.80 Å². The lowest BCUT2D eigenvalue weighted by Crippen LogP contribution is -2.33. The normalized spacial score (nSPS) is 16.0. The molecule has 1 saturated heterocycles. The van der Waals surface area contributed by atoms with Crippen molar-refractivity contribution in [3.05, 3.63) is 35.0 Å². The maximum atomic E-state index is 9.31. The molecule has 0 bridgehead atoms. The Balaban J connectivity index is 1.96. The van der Waals surface area contributed by atoms with Crippen LogP contribution in [0.2, 0.25) is 5.02 Å². The van der Waals surface area contributed by atoms with Crippen LogP contribution in [0.25, 0.3) is 5.69 Å². The Morgan fingerprint density at radius 1 is 1.24 bits per heavy atom. The van der Waals surface area contributed by atoms with Gasteiger partial charge in [0.1, 0.15) is 11.8 Å². The van der Waals surface area contributed by atoms with Crippen molar-refractivity contribution in [2.45, 2.75) is 19.8 Å². The van der Waals surface area contributed by atoms with Gasteiger partial charge in [-0.25, -0.2) is 0 Å². The summed E-state index contributed by atoms with van der Waals surface area (Å²) in [6, 6.07) is 9.49. The fourth-order valence-electron chi connectivity index (χ4n) is 2.53. The lowest BCUT2D eigenvalue weighted by molar-refractivity contribution is 0.436. The second-order valence-electron chi connectivity index (χ2n) is 5.39. The van der Waals surface area contributed by atoms with Gasteiger partial charge in [0.2, 0.25) is 5.69 Å². The molecule has 0 aliphatic carbocycles. The summed E-state index contributed by atoms with van der Waals surface area (Å²) >= 11 is 6.17. The summed E-state index contributed by atoms with van der Waals surface area (Å²) in [4.78, 5) is 3.59. The number of nitrogens with zero attached hydrogens (tertiary/aromatic N) is 5. The minimum Gasteiger partial charge on any atom is -0.353 e. The lowest BCUT2D eigenvalue weighted by atomic mass is 9.99. The molecule has 0 saturated carbocycles. The summed E-state index contributed by atoms with van der Waals surface area (Å²) in [5.74, 6) is 1.38. The highest BCUT2D eigenvalue weighted by atomic mass is 35.5. The summed E-state index contributed by atoms with van der Waals surface area (Å²) in [7, 11) is 0. The first-order chi connectivity index (χ1) is 10.2. The SMILES string of the molecule is CC1CCN(c2nn(-c3ccccc3Cl)nc2C#N)CC1. The highest BCUT2D eigenvalue weighted by molar-refractivity contribution is 6.32. The van der Waals surface area contributed by atoms with Crippen LogP contribution < -0.4 is 4.90 Å². The van der Waals surface area contributed by atoms with Crippen LogP contribution in [0.4, 0.5) is 5.82 Å². The van der Waals surface area contributed by atoms with E-state index in [0.717, 1.165) is 31.8 Å². The molecule has 5 nitrogen and oxygen atoms in total. The molecule has 0 N–H and O–H groups in total. The highest BCUT2D eigenvalue weighted by Crippen LogP contribution is 2.25. The van der Waals surface area contributed by atoms with Gasteiger partial charge in [-0.05, 0) is 30.9 Å². The summed E-state index contributed by atoms with van der Waals surface area (Å²) in [5, 5.41) is 18.6. The van der Waals surface area contributed by atoms with Crippen molar-refractivity contribution in [3.63, 3.8) is 0 Å². The van der Waals surface area contributed by atoms with E-state index in [9.17, 15) is 5.26 Å². The molecule has 3 rings (SSSR count). The van der Waals surface area contributed by atoms with Crippen molar-refractivity contribution in [1.29, 1.82) is 5.26 Å². The number of halogens is 1. The van der Waals surface area contributed by atoms with Crippen LogP contribution in [0.1, 0.15) is 25.5 Å². The van der Waals surface area contributed by atoms with E-state index >= 15 is 0 Å². The van der Waals surface area contributed by atoms with Crippen molar-refractivity contribution in [3.8, 4) is 11.8 Å². The Labute approximate surface area is 128 Å². The van der Waals surface area contributed by atoms with Crippen LogP contribution in [0.5, 0.6) is 0 Å². The molecule has 108 valence electrons. The fraction of sp³-hybridized carbons (Fsp3) is 0.400. The number of para-hydroxylation sites is 1. The Hall–Kier alpha value is -2.06. The second kappa shape index (κ2) is 5.74. The van der Waals surface area contributed by atoms with Crippen molar-refractivity contribution < 1.29 is 0 Å². The number of piperidine rings is 1. The number of hydrogen-bond acceptors (Lipinski definition) is 4. The van der Waals surface area contributed by atoms with E-state index in [4.69, 9.17) is 11.6 Å². The molecule has 2 heterocycles. The van der Waals surface area contributed by atoms with Gasteiger partial charge in [0.15, 0.2) is 5.82 Å². The molecule has 1 aliphatic heterocycles. The maximum absolute atomic E-state index is 9.31. The predicted octanol–water partition coefficient (Wildman–Crippen LogP) is 3.03. The maximum Gasteiger partial charge on any atom is 0.207 e. The number of aromatic nitrogens is 3. The van der Waals surface area contributed by atoms with Crippen LogP contribution in [0, 0.1) is 17.2 Å². The van der Waals surface area contributed by atoms with Gasteiger partial charge in [0.25, 0.3) is 0 Å². The number of hydrogen-bond donors (Lipinski definition) is 0. The first kappa shape index (κ1) is 13.9. The zero-order valence-electron chi connectivity index (χ0n) is 11.8. The van der Waals surface area contributed by atoms with Crippen LogP contribution in [-0.4, -0.2) is 28.1 Å². The second-order valence-corrected chi connectivity index (χ2v) is 5.80. The fourth-order valence-corrected chi connectivity index (χ4v) is 2.74. The van der Waals surface area contributed by atoms with Gasteiger partial charge in [-0.15, -0.1) is 15.0 Å². The van der Waals surface area contributed by atoms with Gasteiger partial charge in [-0.1, -0.05) is 30.7 Å². The van der Waals surface area contributed by atoms with Crippen LogP contribution in [0.3, 0.4) is 0 Å². The van der Waals surface area contributed by atoms with Gasteiger partial charge in [-0.3, -0.25) is 0 Å². The van der Waals surface area contributed by atoms with E-state index in [1.54, 1.807) is 6.07 Å². The number of benzene rings is 1. The first-order valence-electron chi connectivity index (χ1n) is 7.06. The molecule has 1 aromatic carbocycles. The van der Waals surface area contributed by atoms with E-state index in [2.05, 4.69) is 28.1 Å². The number of nitriles is 1. The third-order valence-electron chi connectivity index (χ3n) is 3.85. The van der Waals surface area contributed by atoms with Crippen molar-refractivity contribution in [2.75, 3.05) is 18.0 Å². The minimum absolute atomic E-state index is 0.351. The Bertz CT molecular complexity index is 680. The predicted molar refractivity (Wildman–Crippen MR) is 81.7 cm³/mol. The molecule has 0 spiro atoms. The Morgan fingerprint density at radius 2 is 1.95 bits per heavy atom. The van der Waals surface area contributed by atoms with E-state index in [1.807, 2.05) is 18.2 Å². The van der Waals surface area contributed by atoms with E-state index in [-0.39, 0.29) is 0 Å². The van der Waals surface area contributed by atoms with Crippen LogP contribution >= 0.6 is 11.6 Å². The summed E-state index contributed by atoms with van der Waals surface area (Å²) in [6.45, 7) is 4.08. The van der Waals surface area contributed by atoms with Crippen molar-refractivity contribution >= 4 is 17.4 Å². The molecular formula is C15H16ClN5. The molecule has 2 aromatic rings. The third kappa shape index (κ3) is 2.72. The molecule has 21 heavy (non-hydrogen) atoms. The molecule has 1 aliphatic rings. The number of anilines is 1. The third-order valence-corrected chi connectivity index (χ3v) is 4.17. The van der Waals surface area contributed by atoms with Crippen molar-refractivity contribution in [1.82, 2.24) is 15.0 Å². The van der Waals surface area contributed by atoms with Crippen molar-refractivity contribution in [2.24, 2.45) is 5.92 Å². The van der Waals surface area contributed by atoms with Gasteiger partial charge in [-0.2, -0.15) is 5.26 Å². The zero-order chi connectivity index (χ0) is 14.8. The molecule has 0 atom stereocenters. The number of rotatable bonds is 2. The molecule has 0 radical (unpaired) electrons. The minimum atomic E-state index is 0.351. The molecule has 6 heteroatoms. The van der Waals surface area contributed by atoms with E-state index in [0.29, 0.717) is 22.2 Å². The summed E-state index contributed by atoms with van der Waals surface area (Å²) < 4.78 is 0. The smallest absolute Gasteiger partial charge is 0.207 e. The standard InChI is InChI=1S/C15H16ClN5/c1-11-6-8-20(9-7-11)15-13(10-17)18-21(19-15)14-5-3-2-4-12(14)16/h2-5,11H,6-9H2,1H3. The molecule has 1 aromatic heterocycles. The van der Waals surface area contributed by atoms with Gasteiger partial charge in [0.05, 0.1) is 5.02 Å². The first-order valence-corrected chi connectivity index (χ1v) is 7.44. The summed E-state index contributed by atoms with van der Waals surface area (Å²) in [5.41, 5.74) is 1.04. The molecule has 0 amide bonds. The van der Waals surface area contributed by atoms with Crippen LogP contribution in [-0.2, 0) is 0 Å². The average molecular weight is 302 g/mol. The van der Waals surface area contributed by atoms with Gasteiger partial charge >= 0.3 is 0 Å². The molecule has 0 unspecified atom stereocenters. The molecule has 1 fully saturated rings. The van der Waals surface area contributed by atoms with Crippen LogP contribution in [0.15, 0.2) is 24.3 Å².